The van der Waals surface area contributed by atoms with E-state index in [9.17, 15) is 13.2 Å². The Hall–Kier alpha value is -3.11. The summed E-state index contributed by atoms with van der Waals surface area (Å²) in [5.74, 6) is 0.931. The van der Waals surface area contributed by atoms with Crippen LogP contribution < -0.4 is 19.6 Å². The lowest BCUT2D eigenvalue weighted by Gasteiger charge is -2.25. The van der Waals surface area contributed by atoms with Crippen LogP contribution in [0.1, 0.15) is 35.2 Å². The highest BCUT2D eigenvalue weighted by Gasteiger charge is 2.26. The average Bonchev–Trinajstić information content (AvgIpc) is 2.84. The van der Waals surface area contributed by atoms with Crippen molar-refractivity contribution in [1.29, 1.82) is 0 Å². The predicted molar refractivity (Wildman–Crippen MR) is 120 cm³/mol. The van der Waals surface area contributed by atoms with Gasteiger partial charge in [0.25, 0.3) is 5.91 Å². The maximum absolute atomic E-state index is 12.9. The molecule has 0 aromatic heterocycles. The number of carbonyl (C=O) groups excluding carboxylic acids is 1. The highest BCUT2D eigenvalue weighted by molar-refractivity contribution is 7.89. The molecule has 0 atom stereocenters. The molecular weight excluding hydrogens is 434 g/mol. The molecule has 1 aliphatic heterocycles. The fourth-order valence-corrected chi connectivity index (χ4v) is 4.99. The minimum atomic E-state index is -3.63. The molecule has 0 spiro atoms. The molecule has 3 rings (SSSR count). The Balaban J connectivity index is 1.76. The van der Waals surface area contributed by atoms with Crippen LogP contribution in [0.4, 0.5) is 0 Å². The van der Waals surface area contributed by atoms with Gasteiger partial charge in [-0.25, -0.2) is 13.8 Å². The van der Waals surface area contributed by atoms with Gasteiger partial charge in [-0.2, -0.15) is 9.41 Å². The van der Waals surface area contributed by atoms with Gasteiger partial charge in [0.2, 0.25) is 10.0 Å². The zero-order chi connectivity index (χ0) is 23.1. The highest BCUT2D eigenvalue weighted by Crippen LogP contribution is 2.33. The maximum atomic E-state index is 12.9. The number of hydrogen-bond acceptors (Lipinski definition) is 7. The van der Waals surface area contributed by atoms with Gasteiger partial charge < -0.3 is 14.2 Å². The van der Waals surface area contributed by atoms with Crippen molar-refractivity contribution in [3.63, 3.8) is 0 Å². The van der Waals surface area contributed by atoms with Gasteiger partial charge in [0, 0.05) is 30.3 Å². The van der Waals surface area contributed by atoms with Crippen molar-refractivity contribution in [2.24, 2.45) is 5.10 Å². The second-order valence-corrected chi connectivity index (χ2v) is 9.08. The first-order valence-corrected chi connectivity index (χ1v) is 11.6. The summed E-state index contributed by atoms with van der Waals surface area (Å²) in [5, 5.41) is 3.98. The Kier molecular flexibility index (Phi) is 7.70. The SMILES string of the molecule is COc1cc(OC)c(OC)cc1/C=N\NC(=O)c1cccc(S(=O)(=O)N2CCCCC2)c1. The number of rotatable bonds is 8. The Labute approximate surface area is 188 Å². The Morgan fingerprint density at radius 1 is 0.969 bits per heavy atom. The quantitative estimate of drug-likeness (QED) is 0.479. The van der Waals surface area contributed by atoms with E-state index in [0.717, 1.165) is 19.3 Å². The van der Waals surface area contributed by atoms with E-state index < -0.39 is 15.9 Å². The number of nitrogens with one attached hydrogen (secondary N) is 1. The van der Waals surface area contributed by atoms with Crippen LogP contribution in [0, 0.1) is 0 Å². The molecule has 0 bridgehead atoms. The fraction of sp³-hybridized carbons (Fsp3) is 0.364. The molecule has 9 nitrogen and oxygen atoms in total. The fourth-order valence-electron chi connectivity index (χ4n) is 3.43. The number of hydrogen-bond donors (Lipinski definition) is 1. The molecule has 2 aromatic rings. The van der Waals surface area contributed by atoms with Crippen molar-refractivity contribution in [2.75, 3.05) is 34.4 Å². The third-order valence-electron chi connectivity index (χ3n) is 5.15. The molecule has 172 valence electrons. The number of carbonyl (C=O) groups is 1. The van der Waals surface area contributed by atoms with E-state index in [2.05, 4.69) is 10.5 Å². The summed E-state index contributed by atoms with van der Waals surface area (Å²) < 4.78 is 43.1. The van der Waals surface area contributed by atoms with E-state index in [-0.39, 0.29) is 10.5 Å². The molecule has 32 heavy (non-hydrogen) atoms. The molecule has 1 saturated heterocycles. The summed E-state index contributed by atoms with van der Waals surface area (Å²) in [6.07, 6.45) is 4.12. The lowest BCUT2D eigenvalue weighted by Crippen LogP contribution is -2.35. The highest BCUT2D eigenvalue weighted by atomic mass is 32.2. The Bertz CT molecular complexity index is 1090. The van der Waals surface area contributed by atoms with Crippen molar-refractivity contribution in [2.45, 2.75) is 24.2 Å². The molecule has 1 heterocycles. The lowest BCUT2D eigenvalue weighted by molar-refractivity contribution is 0.0955. The van der Waals surface area contributed by atoms with E-state index in [0.29, 0.717) is 35.9 Å². The third kappa shape index (κ3) is 5.20. The molecule has 0 unspecified atom stereocenters. The van der Waals surface area contributed by atoms with Crippen molar-refractivity contribution in [3.05, 3.63) is 47.5 Å². The number of methoxy groups -OCH3 is 3. The number of nitrogens with zero attached hydrogens (tertiary/aromatic N) is 2. The van der Waals surface area contributed by atoms with Crippen molar-refractivity contribution in [1.82, 2.24) is 9.73 Å². The van der Waals surface area contributed by atoms with Gasteiger partial charge in [-0.15, -0.1) is 0 Å². The topological polar surface area (TPSA) is 107 Å². The zero-order valence-electron chi connectivity index (χ0n) is 18.3. The van der Waals surface area contributed by atoms with Crippen LogP contribution in [0.3, 0.4) is 0 Å². The average molecular weight is 462 g/mol. The van der Waals surface area contributed by atoms with Gasteiger partial charge in [-0.05, 0) is 37.1 Å². The van der Waals surface area contributed by atoms with Gasteiger partial charge in [0.1, 0.15) is 5.75 Å². The number of amides is 1. The first-order valence-electron chi connectivity index (χ1n) is 10.1. The van der Waals surface area contributed by atoms with Crippen LogP contribution in [0.15, 0.2) is 46.4 Å². The van der Waals surface area contributed by atoms with Gasteiger partial charge in [-0.3, -0.25) is 4.79 Å². The first kappa shape index (κ1) is 23.6. The molecule has 0 aliphatic carbocycles. The van der Waals surface area contributed by atoms with Gasteiger partial charge >= 0.3 is 0 Å². The Morgan fingerprint density at radius 3 is 2.28 bits per heavy atom. The maximum Gasteiger partial charge on any atom is 0.271 e. The molecule has 0 saturated carbocycles. The summed E-state index contributed by atoms with van der Waals surface area (Å²) in [6, 6.07) is 9.27. The second-order valence-electron chi connectivity index (χ2n) is 7.14. The van der Waals surface area contributed by atoms with Crippen LogP contribution in [0.2, 0.25) is 0 Å². The van der Waals surface area contributed by atoms with E-state index in [4.69, 9.17) is 14.2 Å². The van der Waals surface area contributed by atoms with Crippen LogP contribution in [-0.4, -0.2) is 59.3 Å². The number of piperidine rings is 1. The molecule has 2 aromatic carbocycles. The minimum absolute atomic E-state index is 0.0950. The predicted octanol–water partition coefficient (Wildman–Crippen LogP) is 2.65. The molecule has 10 heteroatoms. The van der Waals surface area contributed by atoms with Gasteiger partial charge in [0.05, 0.1) is 32.4 Å². The standard InChI is InChI=1S/C22H27N3O6S/c1-29-19-14-21(31-3)20(30-2)13-17(19)15-23-24-22(26)16-8-7-9-18(12-16)32(27,28)25-10-5-4-6-11-25/h7-9,12-15H,4-6,10-11H2,1-3H3,(H,24,26)/b23-15-. The summed E-state index contributed by atoms with van der Waals surface area (Å²) in [4.78, 5) is 12.7. The van der Waals surface area contributed by atoms with E-state index in [1.165, 1.54) is 50.0 Å². The lowest BCUT2D eigenvalue weighted by atomic mass is 10.2. The first-order chi connectivity index (χ1) is 15.4. The molecule has 1 aliphatic rings. The third-order valence-corrected chi connectivity index (χ3v) is 7.05. The smallest absolute Gasteiger partial charge is 0.271 e. The summed E-state index contributed by atoms with van der Waals surface area (Å²) in [6.45, 7) is 0.992. The minimum Gasteiger partial charge on any atom is -0.496 e. The monoisotopic (exact) mass is 461 g/mol. The van der Waals surface area contributed by atoms with Gasteiger partial charge in [0.15, 0.2) is 11.5 Å². The van der Waals surface area contributed by atoms with E-state index in [1.54, 1.807) is 18.2 Å². The van der Waals surface area contributed by atoms with E-state index >= 15 is 0 Å². The number of hydrazone groups is 1. The van der Waals surface area contributed by atoms with Crippen molar-refractivity contribution in [3.8, 4) is 17.2 Å². The number of benzene rings is 2. The number of sulfonamides is 1. The van der Waals surface area contributed by atoms with Crippen LogP contribution >= 0.6 is 0 Å². The zero-order valence-corrected chi connectivity index (χ0v) is 19.1. The molecule has 0 radical (unpaired) electrons. The molecule has 1 fully saturated rings. The van der Waals surface area contributed by atoms with Gasteiger partial charge in [-0.1, -0.05) is 12.5 Å². The van der Waals surface area contributed by atoms with Crippen LogP contribution in [-0.2, 0) is 10.0 Å². The van der Waals surface area contributed by atoms with Crippen LogP contribution in [0.25, 0.3) is 0 Å². The van der Waals surface area contributed by atoms with Crippen molar-refractivity contribution < 1.29 is 27.4 Å². The molecule has 1 amide bonds. The molecule has 1 N–H and O–H groups in total. The largest absolute Gasteiger partial charge is 0.496 e. The Morgan fingerprint density at radius 2 is 1.62 bits per heavy atom. The summed E-state index contributed by atoms with van der Waals surface area (Å²) in [5.41, 5.74) is 3.17. The molecular formula is C22H27N3O6S. The summed E-state index contributed by atoms with van der Waals surface area (Å²) >= 11 is 0. The summed E-state index contributed by atoms with van der Waals surface area (Å²) in [7, 11) is 0.904. The van der Waals surface area contributed by atoms with Crippen LogP contribution in [0.5, 0.6) is 17.2 Å². The van der Waals surface area contributed by atoms with Crippen molar-refractivity contribution >= 4 is 22.1 Å². The number of ether oxygens (including phenoxy) is 3. The normalized spacial score (nSPS) is 14.8. The van der Waals surface area contributed by atoms with E-state index in [1.807, 2.05) is 0 Å². The second kappa shape index (κ2) is 10.5.